The lowest BCUT2D eigenvalue weighted by Gasteiger charge is -2.07. The average Bonchev–Trinajstić information content (AvgIpc) is 2.81. The van der Waals surface area contributed by atoms with Crippen molar-refractivity contribution < 1.29 is 4.79 Å². The first kappa shape index (κ1) is 22.5. The number of halogens is 1. The smallest absolute Gasteiger partial charge is 0.193 e. The van der Waals surface area contributed by atoms with Crippen LogP contribution in [0.4, 0.5) is 0 Å². The molecular formula is C28H26ClNO. The molecule has 0 aromatic heterocycles. The van der Waals surface area contributed by atoms with E-state index in [0.29, 0.717) is 5.56 Å². The first-order chi connectivity index (χ1) is 14.7. The van der Waals surface area contributed by atoms with Gasteiger partial charge in [-0.2, -0.15) is 0 Å². The Balaban J connectivity index is 0.00000272. The molecule has 1 N–H and O–H groups in total. The van der Waals surface area contributed by atoms with E-state index in [4.69, 9.17) is 0 Å². The molecule has 156 valence electrons. The molecule has 0 unspecified atom stereocenters. The van der Waals surface area contributed by atoms with Crippen LogP contribution >= 0.6 is 12.4 Å². The zero-order valence-electron chi connectivity index (χ0n) is 17.4. The van der Waals surface area contributed by atoms with Crippen molar-refractivity contribution in [3.63, 3.8) is 0 Å². The largest absolute Gasteiger partial charge is 0.312 e. The molecule has 0 saturated heterocycles. The summed E-state index contributed by atoms with van der Waals surface area (Å²) in [4.78, 5) is 12.9. The zero-order chi connectivity index (χ0) is 20.8. The Kier molecular flexibility index (Phi) is 7.77. The molecule has 0 amide bonds. The Bertz CT molecular complexity index is 1160. The molecule has 0 radical (unpaired) electrons. The summed E-state index contributed by atoms with van der Waals surface area (Å²) in [5.41, 5.74) is 4.93. The van der Waals surface area contributed by atoms with E-state index in [-0.39, 0.29) is 18.2 Å². The summed E-state index contributed by atoms with van der Waals surface area (Å²) in [6.45, 7) is 5.53. The average molecular weight is 428 g/mol. The van der Waals surface area contributed by atoms with Gasteiger partial charge in [-0.1, -0.05) is 91.0 Å². The van der Waals surface area contributed by atoms with Gasteiger partial charge >= 0.3 is 0 Å². The van der Waals surface area contributed by atoms with Gasteiger partial charge in [0.2, 0.25) is 0 Å². The normalized spacial score (nSPS) is 10.5. The van der Waals surface area contributed by atoms with Crippen LogP contribution in [0.1, 0.15) is 27.9 Å². The van der Waals surface area contributed by atoms with E-state index in [2.05, 4.69) is 42.2 Å². The van der Waals surface area contributed by atoms with Crippen molar-refractivity contribution in [3.05, 3.63) is 120 Å². The molecule has 0 heterocycles. The maximum atomic E-state index is 12.9. The van der Waals surface area contributed by atoms with Crippen LogP contribution in [-0.4, -0.2) is 12.3 Å². The summed E-state index contributed by atoms with van der Waals surface area (Å²) in [7, 11) is 0. The molecule has 0 saturated carbocycles. The van der Waals surface area contributed by atoms with Crippen LogP contribution in [0.2, 0.25) is 0 Å². The third-order valence-corrected chi connectivity index (χ3v) is 5.30. The van der Waals surface area contributed by atoms with E-state index in [1.807, 2.05) is 66.7 Å². The molecule has 0 aliphatic heterocycles. The lowest BCUT2D eigenvalue weighted by atomic mass is 9.97. The van der Waals surface area contributed by atoms with E-state index >= 15 is 0 Å². The molecule has 4 rings (SSSR count). The number of rotatable bonds is 8. The molecule has 31 heavy (non-hydrogen) atoms. The van der Waals surface area contributed by atoms with Crippen LogP contribution in [0, 0.1) is 0 Å². The van der Waals surface area contributed by atoms with Crippen LogP contribution in [0.25, 0.3) is 21.9 Å². The first-order valence-electron chi connectivity index (χ1n) is 10.3. The van der Waals surface area contributed by atoms with Gasteiger partial charge in [0.1, 0.15) is 0 Å². The number of nitrogens with one attached hydrogen (secondary N) is 1. The predicted octanol–water partition coefficient (Wildman–Crippen LogP) is 6.83. The molecule has 0 bridgehead atoms. The van der Waals surface area contributed by atoms with Gasteiger partial charge in [0.05, 0.1) is 0 Å². The molecule has 0 aliphatic rings. The summed E-state index contributed by atoms with van der Waals surface area (Å²) in [5.74, 6) is 0.0493. The van der Waals surface area contributed by atoms with Gasteiger partial charge < -0.3 is 5.32 Å². The molecule has 4 aromatic rings. The summed E-state index contributed by atoms with van der Waals surface area (Å²) in [6.07, 6.45) is 2.90. The minimum atomic E-state index is 0. The number of hydrogen-bond acceptors (Lipinski definition) is 2. The number of ketones is 1. The highest BCUT2D eigenvalue weighted by Gasteiger charge is 2.10. The van der Waals surface area contributed by atoms with Crippen molar-refractivity contribution in [1.29, 1.82) is 0 Å². The summed E-state index contributed by atoms with van der Waals surface area (Å²) < 4.78 is 0. The van der Waals surface area contributed by atoms with Gasteiger partial charge in [-0.25, -0.2) is 0 Å². The van der Waals surface area contributed by atoms with Gasteiger partial charge in [-0.15, -0.1) is 19.0 Å². The van der Waals surface area contributed by atoms with Crippen molar-refractivity contribution in [2.45, 2.75) is 13.0 Å². The monoisotopic (exact) mass is 427 g/mol. The molecule has 0 aliphatic carbocycles. The van der Waals surface area contributed by atoms with Crippen LogP contribution < -0.4 is 5.32 Å². The Morgan fingerprint density at radius 1 is 0.774 bits per heavy atom. The number of carbonyl (C=O) groups is 1. The van der Waals surface area contributed by atoms with Crippen molar-refractivity contribution in [2.24, 2.45) is 0 Å². The van der Waals surface area contributed by atoms with Gasteiger partial charge in [0.15, 0.2) is 5.78 Å². The van der Waals surface area contributed by atoms with Crippen LogP contribution in [0.15, 0.2) is 104 Å². The van der Waals surface area contributed by atoms with E-state index < -0.39 is 0 Å². The minimum absolute atomic E-state index is 0. The maximum absolute atomic E-state index is 12.9. The van der Waals surface area contributed by atoms with Gasteiger partial charge in [-0.3, -0.25) is 4.79 Å². The summed E-state index contributed by atoms with van der Waals surface area (Å²) in [6, 6.07) is 30.4. The number of benzene rings is 4. The highest BCUT2D eigenvalue weighted by atomic mass is 35.5. The van der Waals surface area contributed by atoms with E-state index in [0.717, 1.165) is 47.0 Å². The Morgan fingerprint density at radius 2 is 1.39 bits per heavy atom. The van der Waals surface area contributed by atoms with Crippen LogP contribution in [0.5, 0.6) is 0 Å². The number of carbonyl (C=O) groups excluding carboxylic acids is 1. The fraction of sp³-hybridized carbons (Fsp3) is 0.107. The molecular weight excluding hydrogens is 402 g/mol. The van der Waals surface area contributed by atoms with Gasteiger partial charge in [-0.05, 0) is 46.5 Å². The zero-order valence-corrected chi connectivity index (χ0v) is 18.2. The molecule has 0 spiro atoms. The van der Waals surface area contributed by atoms with E-state index in [9.17, 15) is 4.79 Å². The van der Waals surface area contributed by atoms with Crippen molar-refractivity contribution >= 4 is 29.0 Å². The summed E-state index contributed by atoms with van der Waals surface area (Å²) in [5, 5.41) is 5.62. The first-order valence-corrected chi connectivity index (χ1v) is 10.3. The second kappa shape index (κ2) is 10.7. The SMILES string of the molecule is C=CCCNCc1ccc(-c2ccc(C(=O)c3ccc4ccccc4c3)cc2)cc1.Cl. The molecule has 0 fully saturated rings. The Morgan fingerprint density at radius 3 is 2.06 bits per heavy atom. The maximum Gasteiger partial charge on any atom is 0.193 e. The summed E-state index contributed by atoms with van der Waals surface area (Å²) >= 11 is 0. The van der Waals surface area contributed by atoms with Crippen molar-refractivity contribution in [3.8, 4) is 11.1 Å². The standard InChI is InChI=1S/C28H25NO.ClH/c1-2-3-18-29-20-21-8-10-23(11-9-21)24-12-15-25(16-13-24)28(30)27-17-14-22-6-4-5-7-26(22)19-27;/h2,4-17,19,29H,1,3,18,20H2;1H. The molecule has 4 aromatic carbocycles. The fourth-order valence-corrected chi connectivity index (χ4v) is 3.56. The third-order valence-electron chi connectivity index (χ3n) is 5.30. The molecule has 2 nitrogen and oxygen atoms in total. The predicted molar refractivity (Wildman–Crippen MR) is 133 cm³/mol. The highest BCUT2D eigenvalue weighted by molar-refractivity contribution is 6.10. The van der Waals surface area contributed by atoms with Gasteiger partial charge in [0.25, 0.3) is 0 Å². The molecule has 0 atom stereocenters. The fourth-order valence-electron chi connectivity index (χ4n) is 3.56. The highest BCUT2D eigenvalue weighted by Crippen LogP contribution is 2.23. The van der Waals surface area contributed by atoms with Crippen LogP contribution in [0.3, 0.4) is 0 Å². The second-order valence-corrected chi connectivity index (χ2v) is 7.42. The Hall–Kier alpha value is -3.20. The van der Waals surface area contributed by atoms with Crippen molar-refractivity contribution in [2.75, 3.05) is 6.54 Å². The quantitative estimate of drug-likeness (QED) is 0.190. The van der Waals surface area contributed by atoms with Crippen molar-refractivity contribution in [1.82, 2.24) is 5.32 Å². The van der Waals surface area contributed by atoms with E-state index in [1.165, 1.54) is 5.56 Å². The second-order valence-electron chi connectivity index (χ2n) is 7.42. The van der Waals surface area contributed by atoms with E-state index in [1.54, 1.807) is 0 Å². The third kappa shape index (κ3) is 5.49. The van der Waals surface area contributed by atoms with Crippen LogP contribution in [-0.2, 0) is 6.54 Å². The minimum Gasteiger partial charge on any atom is -0.312 e. The lowest BCUT2D eigenvalue weighted by molar-refractivity contribution is 0.103. The number of hydrogen-bond donors (Lipinski definition) is 1. The lowest BCUT2D eigenvalue weighted by Crippen LogP contribution is -2.13. The topological polar surface area (TPSA) is 29.1 Å². The van der Waals surface area contributed by atoms with Gasteiger partial charge in [0, 0.05) is 17.7 Å². The molecule has 3 heteroatoms. The Labute approximate surface area is 190 Å². The number of fused-ring (bicyclic) bond motifs is 1.